The van der Waals surface area contributed by atoms with Gasteiger partial charge in [0.1, 0.15) is 0 Å². The number of hydrogen-bond donors (Lipinski definition) is 2. The zero-order valence-electron chi connectivity index (χ0n) is 11.6. The van der Waals surface area contributed by atoms with Crippen LogP contribution in [0, 0.1) is 0 Å². The van der Waals surface area contributed by atoms with Gasteiger partial charge in [0, 0.05) is 11.1 Å². The van der Waals surface area contributed by atoms with E-state index < -0.39 is 5.97 Å². The van der Waals surface area contributed by atoms with Gasteiger partial charge in [0.2, 0.25) is 0 Å². The first-order valence-corrected chi connectivity index (χ1v) is 7.09. The number of methoxy groups -OCH3 is 1. The maximum Gasteiger partial charge on any atom is 0.340 e. The van der Waals surface area contributed by atoms with Crippen molar-refractivity contribution in [2.75, 3.05) is 18.2 Å². The number of ether oxygens (including phenoxy) is 1. The SMILES string of the molecule is COC(=O)c1cc(N)ccc1Nc1nc(C(C)C)cs1. The number of thiazole rings is 1. The Morgan fingerprint density at radius 2 is 2.20 bits per heavy atom. The fourth-order valence-corrected chi connectivity index (χ4v) is 2.56. The van der Waals surface area contributed by atoms with Crippen LogP contribution >= 0.6 is 11.3 Å². The molecule has 1 aromatic carbocycles. The highest BCUT2D eigenvalue weighted by atomic mass is 32.1. The fraction of sp³-hybridized carbons (Fsp3) is 0.286. The summed E-state index contributed by atoms with van der Waals surface area (Å²) in [5.74, 6) is -0.0614. The molecule has 5 nitrogen and oxygen atoms in total. The highest BCUT2D eigenvalue weighted by molar-refractivity contribution is 7.13. The molecule has 0 fully saturated rings. The molecule has 0 saturated heterocycles. The van der Waals surface area contributed by atoms with Crippen molar-refractivity contribution in [2.24, 2.45) is 0 Å². The Balaban J connectivity index is 2.30. The maximum atomic E-state index is 11.8. The summed E-state index contributed by atoms with van der Waals surface area (Å²) in [6.07, 6.45) is 0. The summed E-state index contributed by atoms with van der Waals surface area (Å²) >= 11 is 1.50. The molecule has 0 aliphatic carbocycles. The van der Waals surface area contributed by atoms with Crippen LogP contribution in [0.3, 0.4) is 0 Å². The highest BCUT2D eigenvalue weighted by Gasteiger charge is 2.14. The van der Waals surface area contributed by atoms with E-state index in [0.29, 0.717) is 22.9 Å². The number of carbonyl (C=O) groups excluding carboxylic acids is 1. The van der Waals surface area contributed by atoms with Gasteiger partial charge in [-0.2, -0.15) is 0 Å². The largest absolute Gasteiger partial charge is 0.465 e. The zero-order chi connectivity index (χ0) is 14.7. The van der Waals surface area contributed by atoms with Crippen LogP contribution in [-0.2, 0) is 4.74 Å². The third kappa shape index (κ3) is 3.08. The van der Waals surface area contributed by atoms with Gasteiger partial charge in [0.15, 0.2) is 5.13 Å². The normalized spacial score (nSPS) is 10.6. The number of anilines is 3. The topological polar surface area (TPSA) is 77.2 Å². The monoisotopic (exact) mass is 291 g/mol. The molecule has 20 heavy (non-hydrogen) atoms. The molecule has 1 aromatic heterocycles. The molecular weight excluding hydrogens is 274 g/mol. The van der Waals surface area contributed by atoms with Gasteiger partial charge in [0.25, 0.3) is 0 Å². The first-order valence-electron chi connectivity index (χ1n) is 6.21. The van der Waals surface area contributed by atoms with Crippen molar-refractivity contribution in [1.82, 2.24) is 4.98 Å². The van der Waals surface area contributed by atoms with Gasteiger partial charge in [-0.05, 0) is 24.1 Å². The lowest BCUT2D eigenvalue weighted by atomic mass is 10.1. The van der Waals surface area contributed by atoms with E-state index in [-0.39, 0.29) is 0 Å². The van der Waals surface area contributed by atoms with E-state index in [1.807, 2.05) is 5.38 Å². The average molecular weight is 291 g/mol. The number of benzene rings is 1. The minimum absolute atomic E-state index is 0.369. The third-order valence-electron chi connectivity index (χ3n) is 2.80. The van der Waals surface area contributed by atoms with E-state index >= 15 is 0 Å². The van der Waals surface area contributed by atoms with Gasteiger partial charge >= 0.3 is 5.97 Å². The zero-order valence-corrected chi connectivity index (χ0v) is 12.5. The second-order valence-electron chi connectivity index (χ2n) is 4.65. The van der Waals surface area contributed by atoms with Crippen molar-refractivity contribution in [3.05, 3.63) is 34.8 Å². The van der Waals surface area contributed by atoms with Crippen LogP contribution in [0.1, 0.15) is 35.8 Å². The summed E-state index contributed by atoms with van der Waals surface area (Å²) in [5, 5.41) is 5.88. The van der Waals surface area contributed by atoms with Gasteiger partial charge in [0.05, 0.1) is 24.1 Å². The summed E-state index contributed by atoms with van der Waals surface area (Å²) < 4.78 is 4.76. The number of nitrogens with zero attached hydrogens (tertiary/aromatic N) is 1. The van der Waals surface area contributed by atoms with E-state index in [2.05, 4.69) is 24.1 Å². The smallest absolute Gasteiger partial charge is 0.340 e. The Kier molecular flexibility index (Phi) is 4.24. The molecule has 106 valence electrons. The lowest BCUT2D eigenvalue weighted by molar-refractivity contribution is 0.0602. The van der Waals surface area contributed by atoms with Crippen LogP contribution in [0.25, 0.3) is 0 Å². The van der Waals surface area contributed by atoms with Crippen molar-refractivity contribution >= 4 is 33.8 Å². The summed E-state index contributed by atoms with van der Waals surface area (Å²) in [5.41, 5.74) is 8.27. The van der Waals surface area contributed by atoms with E-state index in [1.54, 1.807) is 18.2 Å². The van der Waals surface area contributed by atoms with Crippen LogP contribution < -0.4 is 11.1 Å². The number of nitrogens with one attached hydrogen (secondary N) is 1. The molecule has 0 spiro atoms. The Bertz CT molecular complexity index is 623. The fourth-order valence-electron chi connectivity index (χ4n) is 1.67. The molecule has 0 aliphatic rings. The number of hydrogen-bond acceptors (Lipinski definition) is 6. The number of aromatic nitrogens is 1. The molecule has 0 unspecified atom stereocenters. The molecule has 3 N–H and O–H groups in total. The lowest BCUT2D eigenvalue weighted by Crippen LogP contribution is -2.06. The Hall–Kier alpha value is -2.08. The van der Waals surface area contributed by atoms with Crippen molar-refractivity contribution < 1.29 is 9.53 Å². The Labute approximate surface area is 121 Å². The average Bonchev–Trinajstić information content (AvgIpc) is 2.88. The van der Waals surface area contributed by atoms with Crippen LogP contribution in [-0.4, -0.2) is 18.1 Å². The van der Waals surface area contributed by atoms with Crippen LogP contribution in [0.5, 0.6) is 0 Å². The molecule has 0 amide bonds. The maximum absolute atomic E-state index is 11.8. The number of rotatable bonds is 4. The van der Waals surface area contributed by atoms with Gasteiger partial charge < -0.3 is 15.8 Å². The van der Waals surface area contributed by atoms with Gasteiger partial charge in [-0.3, -0.25) is 0 Å². The minimum atomic E-state index is -0.430. The summed E-state index contributed by atoms with van der Waals surface area (Å²) in [6, 6.07) is 5.06. The first kappa shape index (κ1) is 14.3. The summed E-state index contributed by atoms with van der Waals surface area (Å²) in [4.78, 5) is 16.2. The van der Waals surface area contributed by atoms with Crippen LogP contribution in [0.4, 0.5) is 16.5 Å². The predicted octanol–water partition coefficient (Wildman–Crippen LogP) is 3.38. The molecule has 2 rings (SSSR count). The standard InChI is InChI=1S/C14H17N3O2S/c1-8(2)12-7-20-14(17-12)16-11-5-4-9(15)6-10(11)13(18)19-3/h4-8H,15H2,1-3H3,(H,16,17). The van der Waals surface area contributed by atoms with E-state index in [1.165, 1.54) is 18.4 Å². The molecule has 0 atom stereocenters. The Morgan fingerprint density at radius 1 is 1.45 bits per heavy atom. The van der Waals surface area contributed by atoms with Crippen molar-refractivity contribution in [3.63, 3.8) is 0 Å². The number of nitrogens with two attached hydrogens (primary N) is 1. The van der Waals surface area contributed by atoms with Gasteiger partial charge in [-0.1, -0.05) is 13.8 Å². The van der Waals surface area contributed by atoms with Crippen molar-refractivity contribution in [2.45, 2.75) is 19.8 Å². The summed E-state index contributed by atoms with van der Waals surface area (Å²) in [7, 11) is 1.34. The number of carbonyl (C=O) groups is 1. The number of esters is 1. The molecule has 1 heterocycles. The van der Waals surface area contributed by atoms with Crippen molar-refractivity contribution in [3.8, 4) is 0 Å². The highest BCUT2D eigenvalue weighted by Crippen LogP contribution is 2.27. The van der Waals surface area contributed by atoms with Gasteiger partial charge in [-0.15, -0.1) is 11.3 Å². The van der Waals surface area contributed by atoms with E-state index in [4.69, 9.17) is 10.5 Å². The minimum Gasteiger partial charge on any atom is -0.465 e. The lowest BCUT2D eigenvalue weighted by Gasteiger charge is -2.09. The second kappa shape index (κ2) is 5.92. The van der Waals surface area contributed by atoms with Crippen molar-refractivity contribution in [1.29, 1.82) is 0 Å². The molecule has 2 aromatic rings. The van der Waals surface area contributed by atoms with Crippen LogP contribution in [0.2, 0.25) is 0 Å². The molecule has 0 bridgehead atoms. The molecule has 0 saturated carbocycles. The molecular formula is C14H17N3O2S. The predicted molar refractivity (Wildman–Crippen MR) is 81.7 cm³/mol. The Morgan fingerprint density at radius 3 is 2.80 bits per heavy atom. The third-order valence-corrected chi connectivity index (χ3v) is 3.58. The number of nitrogen functional groups attached to an aromatic ring is 1. The molecule has 0 radical (unpaired) electrons. The first-order chi connectivity index (χ1) is 9.51. The van der Waals surface area contributed by atoms with Gasteiger partial charge in [-0.25, -0.2) is 9.78 Å². The van der Waals surface area contributed by atoms with Crippen LogP contribution in [0.15, 0.2) is 23.6 Å². The van der Waals surface area contributed by atoms with E-state index in [0.717, 1.165) is 10.8 Å². The van der Waals surface area contributed by atoms with E-state index in [9.17, 15) is 4.79 Å². The molecule has 6 heteroatoms. The second-order valence-corrected chi connectivity index (χ2v) is 5.51. The summed E-state index contributed by atoms with van der Waals surface area (Å²) in [6.45, 7) is 4.17. The quantitative estimate of drug-likeness (QED) is 0.667. The molecule has 0 aliphatic heterocycles.